The third-order valence-corrected chi connectivity index (χ3v) is 6.01. The number of anilines is 2. The third kappa shape index (κ3) is 2.90. The lowest BCUT2D eigenvalue weighted by atomic mass is 10.1. The zero-order chi connectivity index (χ0) is 18.3. The number of thioether (sulfide) groups is 1. The fourth-order valence-corrected chi connectivity index (χ4v) is 4.45. The Hall–Kier alpha value is -2.27. The molecule has 0 radical (unpaired) electrons. The summed E-state index contributed by atoms with van der Waals surface area (Å²) in [4.78, 5) is 30.6. The summed E-state index contributed by atoms with van der Waals surface area (Å²) in [5.41, 5.74) is 3.09. The number of para-hydroxylation sites is 1. The van der Waals surface area contributed by atoms with Crippen molar-refractivity contribution in [1.29, 1.82) is 0 Å². The fraction of sp³-hybridized carbons (Fsp3) is 0.333. The van der Waals surface area contributed by atoms with Crippen molar-refractivity contribution in [1.82, 2.24) is 0 Å². The van der Waals surface area contributed by atoms with E-state index in [2.05, 4.69) is 13.0 Å². The highest BCUT2D eigenvalue weighted by molar-refractivity contribution is 7.98. The van der Waals surface area contributed by atoms with Crippen LogP contribution in [-0.4, -0.2) is 30.7 Å². The van der Waals surface area contributed by atoms with E-state index in [1.807, 2.05) is 53.6 Å². The molecule has 0 N–H and O–H groups in total. The second-order valence-corrected chi connectivity index (χ2v) is 7.88. The van der Waals surface area contributed by atoms with Gasteiger partial charge in [-0.25, -0.2) is 0 Å². The van der Waals surface area contributed by atoms with Gasteiger partial charge in [0.15, 0.2) is 0 Å². The van der Waals surface area contributed by atoms with Crippen LogP contribution in [0.15, 0.2) is 53.4 Å². The Morgan fingerprint density at radius 1 is 1.12 bits per heavy atom. The number of fused-ring (bicyclic) bond motifs is 1. The predicted molar refractivity (Wildman–Crippen MR) is 106 cm³/mol. The molecule has 0 saturated carbocycles. The predicted octanol–water partition coefficient (Wildman–Crippen LogP) is 3.74. The highest BCUT2D eigenvalue weighted by atomic mass is 32.2. The lowest BCUT2D eigenvalue weighted by Gasteiger charge is -2.26. The Bertz CT molecular complexity index is 867. The van der Waals surface area contributed by atoms with Gasteiger partial charge in [0, 0.05) is 35.3 Å². The summed E-state index contributed by atoms with van der Waals surface area (Å²) in [5.74, 6) is -0.185. The van der Waals surface area contributed by atoms with Gasteiger partial charge in [0.1, 0.15) is 0 Å². The molecule has 2 heterocycles. The van der Waals surface area contributed by atoms with Gasteiger partial charge >= 0.3 is 0 Å². The first-order chi connectivity index (χ1) is 12.6. The molecular weight excluding hydrogens is 344 g/mol. The summed E-state index contributed by atoms with van der Waals surface area (Å²) in [5, 5.41) is 0. The molecule has 2 aliphatic heterocycles. The number of nitrogens with zero attached hydrogens (tertiary/aromatic N) is 2. The van der Waals surface area contributed by atoms with E-state index in [0.717, 1.165) is 22.7 Å². The van der Waals surface area contributed by atoms with Crippen LogP contribution in [0.25, 0.3) is 0 Å². The standard InChI is InChI=1S/C21H22N2O2S/c1-14-10-15-6-3-4-9-19(15)23(14)21(25)16-11-20(24)22(13-16)17-7-5-8-18(12-17)26-2/h3-9,12,14,16H,10-11,13H2,1-2H3/t14-,16-/m1/s1. The minimum atomic E-state index is -0.283. The molecule has 2 aliphatic rings. The summed E-state index contributed by atoms with van der Waals surface area (Å²) in [6.07, 6.45) is 3.18. The third-order valence-electron chi connectivity index (χ3n) is 5.28. The summed E-state index contributed by atoms with van der Waals surface area (Å²) in [6, 6.07) is 16.2. The lowest BCUT2D eigenvalue weighted by molar-refractivity contribution is -0.124. The smallest absolute Gasteiger partial charge is 0.232 e. The SMILES string of the molecule is CSc1cccc(N2C[C@H](C(=O)N3c4ccccc4C[C@H]3C)CC2=O)c1. The van der Waals surface area contributed by atoms with Crippen molar-refractivity contribution in [2.75, 3.05) is 22.6 Å². The van der Waals surface area contributed by atoms with Crippen LogP contribution in [-0.2, 0) is 16.0 Å². The summed E-state index contributed by atoms with van der Waals surface area (Å²) in [6.45, 7) is 2.54. The maximum Gasteiger partial charge on any atom is 0.232 e. The van der Waals surface area contributed by atoms with E-state index in [4.69, 9.17) is 0 Å². The van der Waals surface area contributed by atoms with Crippen molar-refractivity contribution in [3.05, 3.63) is 54.1 Å². The molecular formula is C21H22N2O2S. The molecule has 0 aliphatic carbocycles. The lowest BCUT2D eigenvalue weighted by Crippen LogP contribution is -2.41. The van der Waals surface area contributed by atoms with Crippen LogP contribution in [0.1, 0.15) is 18.9 Å². The van der Waals surface area contributed by atoms with Gasteiger partial charge in [0.2, 0.25) is 11.8 Å². The van der Waals surface area contributed by atoms with Crippen molar-refractivity contribution < 1.29 is 9.59 Å². The number of amides is 2. The van der Waals surface area contributed by atoms with Crippen LogP contribution in [0.5, 0.6) is 0 Å². The Labute approximate surface area is 158 Å². The molecule has 2 aromatic rings. The average molecular weight is 366 g/mol. The van der Waals surface area contributed by atoms with Gasteiger partial charge in [-0.1, -0.05) is 24.3 Å². The van der Waals surface area contributed by atoms with Crippen LogP contribution in [0.3, 0.4) is 0 Å². The molecule has 4 nitrogen and oxygen atoms in total. The summed E-state index contributed by atoms with van der Waals surface area (Å²) in [7, 11) is 0. The van der Waals surface area contributed by atoms with E-state index >= 15 is 0 Å². The zero-order valence-electron chi connectivity index (χ0n) is 15.0. The van der Waals surface area contributed by atoms with E-state index in [1.54, 1.807) is 16.7 Å². The van der Waals surface area contributed by atoms with Gasteiger partial charge in [0.05, 0.1) is 5.92 Å². The molecule has 26 heavy (non-hydrogen) atoms. The molecule has 0 spiro atoms. The largest absolute Gasteiger partial charge is 0.312 e. The molecule has 1 saturated heterocycles. The van der Waals surface area contributed by atoms with Gasteiger partial charge in [0.25, 0.3) is 0 Å². The number of carbonyl (C=O) groups is 2. The first-order valence-electron chi connectivity index (χ1n) is 8.94. The van der Waals surface area contributed by atoms with E-state index in [1.165, 1.54) is 5.56 Å². The molecule has 2 amide bonds. The maximum absolute atomic E-state index is 13.2. The van der Waals surface area contributed by atoms with Crippen molar-refractivity contribution in [2.24, 2.45) is 5.92 Å². The highest BCUT2D eigenvalue weighted by Crippen LogP contribution is 2.35. The quantitative estimate of drug-likeness (QED) is 0.777. The number of carbonyl (C=O) groups excluding carboxylic acids is 2. The first kappa shape index (κ1) is 17.2. The van der Waals surface area contributed by atoms with Crippen LogP contribution in [0.2, 0.25) is 0 Å². The van der Waals surface area contributed by atoms with Gasteiger partial charge in [-0.15, -0.1) is 11.8 Å². The van der Waals surface area contributed by atoms with E-state index in [-0.39, 0.29) is 30.2 Å². The molecule has 2 atom stereocenters. The Balaban J connectivity index is 1.56. The van der Waals surface area contributed by atoms with E-state index < -0.39 is 0 Å². The Morgan fingerprint density at radius 2 is 1.92 bits per heavy atom. The van der Waals surface area contributed by atoms with Gasteiger partial charge in [-0.2, -0.15) is 0 Å². The minimum Gasteiger partial charge on any atom is -0.312 e. The van der Waals surface area contributed by atoms with Crippen molar-refractivity contribution >= 4 is 35.0 Å². The normalized spacial score (nSPS) is 22.0. The molecule has 2 aromatic carbocycles. The van der Waals surface area contributed by atoms with Gasteiger partial charge in [-0.05, 0) is 49.4 Å². The monoisotopic (exact) mass is 366 g/mol. The molecule has 0 aromatic heterocycles. The number of hydrogen-bond acceptors (Lipinski definition) is 3. The first-order valence-corrected chi connectivity index (χ1v) is 10.2. The molecule has 0 bridgehead atoms. The van der Waals surface area contributed by atoms with Crippen LogP contribution in [0.4, 0.5) is 11.4 Å². The number of benzene rings is 2. The molecule has 134 valence electrons. The minimum absolute atomic E-state index is 0.0294. The van der Waals surface area contributed by atoms with Crippen LogP contribution in [0, 0.1) is 5.92 Å². The number of rotatable bonds is 3. The Kier molecular flexibility index (Phi) is 4.49. The topological polar surface area (TPSA) is 40.6 Å². The van der Waals surface area contributed by atoms with Crippen molar-refractivity contribution in [3.8, 4) is 0 Å². The van der Waals surface area contributed by atoms with Crippen LogP contribution < -0.4 is 9.80 Å². The van der Waals surface area contributed by atoms with Crippen LogP contribution >= 0.6 is 11.8 Å². The number of hydrogen-bond donors (Lipinski definition) is 0. The second-order valence-electron chi connectivity index (χ2n) is 7.00. The maximum atomic E-state index is 13.2. The van der Waals surface area contributed by atoms with Crippen molar-refractivity contribution in [3.63, 3.8) is 0 Å². The second kappa shape index (κ2) is 6.80. The fourth-order valence-electron chi connectivity index (χ4n) is 4.00. The van der Waals surface area contributed by atoms with E-state index in [0.29, 0.717) is 6.54 Å². The molecule has 0 unspecified atom stereocenters. The summed E-state index contributed by atoms with van der Waals surface area (Å²) >= 11 is 1.65. The molecule has 1 fully saturated rings. The molecule has 4 rings (SSSR count). The van der Waals surface area contributed by atoms with E-state index in [9.17, 15) is 9.59 Å². The molecule has 5 heteroatoms. The van der Waals surface area contributed by atoms with Crippen molar-refractivity contribution in [2.45, 2.75) is 30.7 Å². The van der Waals surface area contributed by atoms with Gasteiger partial charge in [-0.3, -0.25) is 9.59 Å². The van der Waals surface area contributed by atoms with Gasteiger partial charge < -0.3 is 9.80 Å². The zero-order valence-corrected chi connectivity index (χ0v) is 15.8. The summed E-state index contributed by atoms with van der Waals surface area (Å²) < 4.78 is 0. The Morgan fingerprint density at radius 3 is 2.73 bits per heavy atom. The highest BCUT2D eigenvalue weighted by Gasteiger charge is 2.41. The average Bonchev–Trinajstić information content (AvgIpc) is 3.20.